The summed E-state index contributed by atoms with van der Waals surface area (Å²) in [7, 11) is 0. The lowest BCUT2D eigenvalue weighted by atomic mass is 9.95. The molecule has 138 valence electrons. The highest BCUT2D eigenvalue weighted by molar-refractivity contribution is 6.31. The first-order chi connectivity index (χ1) is 12.7. The van der Waals surface area contributed by atoms with Gasteiger partial charge in [0.1, 0.15) is 23.2 Å². The number of fused-ring (bicyclic) bond motifs is 1. The van der Waals surface area contributed by atoms with Gasteiger partial charge in [-0.25, -0.2) is 18.2 Å². The number of nitrogens with zero attached hydrogens (tertiary/aromatic N) is 3. The Morgan fingerprint density at radius 2 is 2.11 bits per heavy atom. The number of alkyl halides is 2. The maximum absolute atomic E-state index is 14.1. The van der Waals surface area contributed by atoms with Gasteiger partial charge >= 0.3 is 0 Å². The molecular formula is C18H12ClF3N4O. The fourth-order valence-corrected chi connectivity index (χ4v) is 3.09. The van der Waals surface area contributed by atoms with E-state index < -0.39 is 24.6 Å². The topological polar surface area (TPSA) is 84.7 Å². The molecule has 0 aliphatic carbocycles. The highest BCUT2D eigenvalue weighted by atomic mass is 35.5. The molecule has 0 atom stereocenters. The molecule has 3 aromatic rings. The Balaban J connectivity index is 2.29. The summed E-state index contributed by atoms with van der Waals surface area (Å²) in [5.74, 6) is -1.43. The first-order valence-corrected chi connectivity index (χ1v) is 8.09. The Morgan fingerprint density at radius 3 is 2.74 bits per heavy atom. The number of nitrogen functional groups attached to an aromatic ring is 1. The summed E-state index contributed by atoms with van der Waals surface area (Å²) < 4.78 is 41.0. The van der Waals surface area contributed by atoms with Gasteiger partial charge in [0.2, 0.25) is 0 Å². The number of benzene rings is 2. The van der Waals surface area contributed by atoms with Crippen LogP contribution >= 0.6 is 11.6 Å². The smallest absolute Gasteiger partial charge is 0.256 e. The molecule has 3 rings (SSSR count). The van der Waals surface area contributed by atoms with Crippen molar-refractivity contribution in [3.8, 4) is 6.07 Å². The molecule has 2 aromatic carbocycles. The number of anilines is 1. The third-order valence-corrected chi connectivity index (χ3v) is 4.33. The molecule has 0 spiro atoms. The summed E-state index contributed by atoms with van der Waals surface area (Å²) in [6, 6.07) is 6.56. The first kappa shape index (κ1) is 18.7. The number of nitrogens with two attached hydrogens (primary N) is 1. The standard InChI is InChI=1S/C18H12ClF3N4O/c1-8-25-17-11(6-23)16(13(24)5-14(17)26(8)7-15(21)22)18(27)10-4-9(19)2-3-12(10)20/h2-5,15H,7,24H2,1H3. The minimum absolute atomic E-state index is 0.0515. The lowest BCUT2D eigenvalue weighted by Crippen LogP contribution is -2.12. The first-order valence-electron chi connectivity index (χ1n) is 7.72. The Morgan fingerprint density at radius 1 is 1.41 bits per heavy atom. The van der Waals surface area contributed by atoms with E-state index in [9.17, 15) is 23.2 Å². The van der Waals surface area contributed by atoms with Gasteiger partial charge in [-0.2, -0.15) is 5.26 Å². The highest BCUT2D eigenvalue weighted by Gasteiger charge is 2.25. The van der Waals surface area contributed by atoms with Crippen molar-refractivity contribution < 1.29 is 18.0 Å². The van der Waals surface area contributed by atoms with Crippen LogP contribution in [-0.2, 0) is 6.54 Å². The Kier molecular flexibility index (Phi) is 4.81. The van der Waals surface area contributed by atoms with E-state index in [1.54, 1.807) is 0 Å². The molecule has 0 radical (unpaired) electrons. The van der Waals surface area contributed by atoms with Crippen LogP contribution in [0.1, 0.15) is 27.3 Å². The quantitative estimate of drug-likeness (QED) is 0.535. The van der Waals surface area contributed by atoms with Gasteiger partial charge in [0.15, 0.2) is 5.78 Å². The number of hydrogen-bond donors (Lipinski definition) is 1. The summed E-state index contributed by atoms with van der Waals surface area (Å²) in [4.78, 5) is 17.0. The van der Waals surface area contributed by atoms with Crippen molar-refractivity contribution in [3.05, 3.63) is 57.6 Å². The van der Waals surface area contributed by atoms with Gasteiger partial charge < -0.3 is 10.3 Å². The van der Waals surface area contributed by atoms with Crippen molar-refractivity contribution >= 4 is 34.1 Å². The number of halogens is 4. The number of ketones is 1. The van der Waals surface area contributed by atoms with Crippen LogP contribution in [0, 0.1) is 24.1 Å². The van der Waals surface area contributed by atoms with E-state index in [0.717, 1.165) is 12.1 Å². The average Bonchev–Trinajstić information content (AvgIpc) is 2.90. The van der Waals surface area contributed by atoms with Crippen LogP contribution < -0.4 is 5.73 Å². The molecule has 0 aliphatic rings. The van der Waals surface area contributed by atoms with Crippen LogP contribution in [0.3, 0.4) is 0 Å². The normalized spacial score (nSPS) is 11.1. The number of hydrogen-bond acceptors (Lipinski definition) is 4. The van der Waals surface area contributed by atoms with Crippen molar-refractivity contribution in [1.29, 1.82) is 5.26 Å². The van der Waals surface area contributed by atoms with Crippen molar-refractivity contribution in [2.24, 2.45) is 0 Å². The van der Waals surface area contributed by atoms with Gasteiger partial charge in [-0.3, -0.25) is 4.79 Å². The monoisotopic (exact) mass is 392 g/mol. The van der Waals surface area contributed by atoms with Crippen LogP contribution in [0.2, 0.25) is 5.02 Å². The molecule has 0 fully saturated rings. The second kappa shape index (κ2) is 6.93. The largest absolute Gasteiger partial charge is 0.398 e. The van der Waals surface area contributed by atoms with Gasteiger partial charge in [-0.15, -0.1) is 0 Å². The van der Waals surface area contributed by atoms with E-state index in [4.69, 9.17) is 17.3 Å². The lowest BCUT2D eigenvalue weighted by molar-refractivity contribution is 0.103. The second-order valence-electron chi connectivity index (χ2n) is 5.81. The number of nitriles is 1. The van der Waals surface area contributed by atoms with Gasteiger partial charge in [-0.05, 0) is 31.2 Å². The number of aryl methyl sites for hydroxylation is 1. The van der Waals surface area contributed by atoms with Gasteiger partial charge in [0.25, 0.3) is 6.43 Å². The zero-order valence-electron chi connectivity index (χ0n) is 13.9. The fraction of sp³-hybridized carbons (Fsp3) is 0.167. The SMILES string of the molecule is Cc1nc2c(C#N)c(C(=O)c3cc(Cl)ccc3F)c(N)cc2n1CC(F)F. The molecule has 0 saturated carbocycles. The van der Waals surface area contributed by atoms with Crippen LogP contribution in [0.4, 0.5) is 18.9 Å². The fourth-order valence-electron chi connectivity index (χ4n) is 2.92. The molecule has 0 aliphatic heterocycles. The second-order valence-corrected chi connectivity index (χ2v) is 6.25. The predicted octanol–water partition coefficient (Wildman–Crippen LogP) is 4.09. The molecule has 5 nitrogen and oxygen atoms in total. The third kappa shape index (κ3) is 3.22. The summed E-state index contributed by atoms with van der Waals surface area (Å²) >= 11 is 5.83. The minimum Gasteiger partial charge on any atom is -0.398 e. The number of carbonyl (C=O) groups is 1. The maximum atomic E-state index is 14.1. The van der Waals surface area contributed by atoms with Crippen molar-refractivity contribution in [2.45, 2.75) is 19.9 Å². The van der Waals surface area contributed by atoms with Crippen LogP contribution in [0.25, 0.3) is 11.0 Å². The molecule has 1 heterocycles. The number of carbonyl (C=O) groups excluding carboxylic acids is 1. The molecular weight excluding hydrogens is 381 g/mol. The predicted molar refractivity (Wildman–Crippen MR) is 94.4 cm³/mol. The van der Waals surface area contributed by atoms with E-state index >= 15 is 0 Å². The van der Waals surface area contributed by atoms with Gasteiger partial charge in [-0.1, -0.05) is 11.6 Å². The molecule has 1 aromatic heterocycles. The number of aromatic nitrogens is 2. The zero-order valence-corrected chi connectivity index (χ0v) is 14.7. The van der Waals surface area contributed by atoms with Crippen LogP contribution in [0.5, 0.6) is 0 Å². The number of imidazole rings is 1. The van der Waals surface area contributed by atoms with E-state index in [-0.39, 0.29) is 44.3 Å². The average molecular weight is 393 g/mol. The Labute approximate surface area is 156 Å². The number of rotatable bonds is 4. The van der Waals surface area contributed by atoms with Crippen molar-refractivity contribution in [1.82, 2.24) is 9.55 Å². The van der Waals surface area contributed by atoms with E-state index in [1.807, 2.05) is 6.07 Å². The van der Waals surface area contributed by atoms with E-state index in [1.165, 1.54) is 23.6 Å². The molecule has 27 heavy (non-hydrogen) atoms. The molecule has 0 saturated heterocycles. The van der Waals surface area contributed by atoms with E-state index in [0.29, 0.717) is 0 Å². The molecule has 9 heteroatoms. The van der Waals surface area contributed by atoms with Crippen molar-refractivity contribution in [2.75, 3.05) is 5.73 Å². The zero-order chi connectivity index (χ0) is 19.9. The highest BCUT2D eigenvalue weighted by Crippen LogP contribution is 2.31. The van der Waals surface area contributed by atoms with Gasteiger partial charge in [0.05, 0.1) is 28.8 Å². The Hall–Kier alpha value is -3.05. The molecule has 0 amide bonds. The molecule has 0 bridgehead atoms. The maximum Gasteiger partial charge on any atom is 0.256 e. The summed E-state index contributed by atoms with van der Waals surface area (Å²) in [6.07, 6.45) is -2.64. The Bertz CT molecular complexity index is 1120. The van der Waals surface area contributed by atoms with Gasteiger partial charge in [0, 0.05) is 10.7 Å². The summed E-state index contributed by atoms with van der Waals surface area (Å²) in [5, 5.41) is 9.70. The van der Waals surface area contributed by atoms with Crippen molar-refractivity contribution in [3.63, 3.8) is 0 Å². The molecule has 2 N–H and O–H groups in total. The van der Waals surface area contributed by atoms with E-state index in [2.05, 4.69) is 4.98 Å². The third-order valence-electron chi connectivity index (χ3n) is 4.10. The van der Waals surface area contributed by atoms with Crippen LogP contribution in [0.15, 0.2) is 24.3 Å². The van der Waals surface area contributed by atoms with Crippen LogP contribution in [-0.4, -0.2) is 21.8 Å². The summed E-state index contributed by atoms with van der Waals surface area (Å²) in [6.45, 7) is 0.862. The summed E-state index contributed by atoms with van der Waals surface area (Å²) in [5.41, 5.74) is 5.25. The molecule has 0 unspecified atom stereocenters. The minimum atomic E-state index is -2.64. The lowest BCUT2D eigenvalue weighted by Gasteiger charge is -2.11.